The van der Waals surface area contributed by atoms with Crippen molar-refractivity contribution < 1.29 is 4.74 Å². The van der Waals surface area contributed by atoms with Gasteiger partial charge in [0.1, 0.15) is 6.33 Å². The average Bonchev–Trinajstić information content (AvgIpc) is 3.16. The number of rotatable bonds is 4. The van der Waals surface area contributed by atoms with E-state index in [0.29, 0.717) is 12.0 Å². The molecule has 0 bridgehead atoms. The molecule has 0 N–H and O–H groups in total. The van der Waals surface area contributed by atoms with Crippen molar-refractivity contribution in [1.82, 2.24) is 24.6 Å². The zero-order valence-corrected chi connectivity index (χ0v) is 17.6. The fourth-order valence-electron chi connectivity index (χ4n) is 5.19. The molecule has 0 atom stereocenters. The maximum Gasteiger partial charge on any atom is 0.157 e. The second-order valence-corrected chi connectivity index (χ2v) is 9.18. The van der Waals surface area contributed by atoms with Crippen LogP contribution in [0.4, 0.5) is 0 Å². The van der Waals surface area contributed by atoms with Crippen LogP contribution in [0.5, 0.6) is 0 Å². The molecule has 4 heterocycles. The molecule has 2 aliphatic heterocycles. The summed E-state index contributed by atoms with van der Waals surface area (Å²) in [5.74, 6) is 1.25. The normalized spacial score (nSPS) is 22.0. The van der Waals surface area contributed by atoms with Crippen LogP contribution in [0, 0.1) is 11.3 Å². The van der Waals surface area contributed by atoms with E-state index in [9.17, 15) is 5.26 Å². The highest BCUT2D eigenvalue weighted by molar-refractivity contribution is 5.81. The molecular weight excluding hydrogens is 388 g/mol. The molecule has 2 saturated heterocycles. The molecule has 1 aliphatic carbocycles. The van der Waals surface area contributed by atoms with Gasteiger partial charge in [0.2, 0.25) is 0 Å². The number of fused-ring (bicyclic) bond motifs is 1. The first kappa shape index (κ1) is 18.9. The molecule has 2 aromatic heterocycles. The molecule has 0 radical (unpaired) electrons. The predicted octanol–water partition coefficient (Wildman–Crippen LogP) is 3.34. The Hall–Kier alpha value is -2.82. The Bertz CT molecular complexity index is 1150. The Kier molecular flexibility index (Phi) is 4.51. The zero-order valence-electron chi connectivity index (χ0n) is 17.6. The highest BCUT2D eigenvalue weighted by Crippen LogP contribution is 2.44. The minimum atomic E-state index is -0.334. The lowest BCUT2D eigenvalue weighted by molar-refractivity contribution is -0.0713. The number of benzene rings is 1. The molecule has 0 unspecified atom stereocenters. The predicted molar refractivity (Wildman–Crippen MR) is 116 cm³/mol. The fraction of sp³-hybridized carbons (Fsp3) is 0.500. The van der Waals surface area contributed by atoms with Gasteiger partial charge in [-0.2, -0.15) is 10.4 Å². The van der Waals surface area contributed by atoms with E-state index in [0.717, 1.165) is 86.4 Å². The lowest BCUT2D eigenvalue weighted by Crippen LogP contribution is -2.51. The number of hydrogen-bond acceptors (Lipinski definition) is 6. The Labute approximate surface area is 181 Å². The first-order valence-corrected chi connectivity index (χ1v) is 11.3. The van der Waals surface area contributed by atoms with Crippen LogP contribution in [0.3, 0.4) is 0 Å². The Morgan fingerprint density at radius 1 is 1.10 bits per heavy atom. The summed E-state index contributed by atoms with van der Waals surface area (Å²) in [7, 11) is 0. The summed E-state index contributed by atoms with van der Waals surface area (Å²) in [6, 6.07) is 11.5. The van der Waals surface area contributed by atoms with Gasteiger partial charge < -0.3 is 4.74 Å². The van der Waals surface area contributed by atoms with Crippen LogP contribution in [-0.4, -0.2) is 57.0 Å². The number of piperidine rings is 1. The molecule has 3 aromatic rings. The van der Waals surface area contributed by atoms with Crippen molar-refractivity contribution in [1.29, 1.82) is 5.26 Å². The van der Waals surface area contributed by atoms with Crippen molar-refractivity contribution in [2.75, 3.05) is 26.3 Å². The van der Waals surface area contributed by atoms with Crippen molar-refractivity contribution in [3.05, 3.63) is 48.0 Å². The van der Waals surface area contributed by atoms with Crippen LogP contribution in [0.1, 0.15) is 49.3 Å². The van der Waals surface area contributed by atoms with Gasteiger partial charge in [-0.05, 0) is 56.8 Å². The average molecular weight is 415 g/mol. The quantitative estimate of drug-likeness (QED) is 0.651. The topological polar surface area (TPSA) is 79.9 Å². The Balaban J connectivity index is 1.28. The Morgan fingerprint density at radius 2 is 1.94 bits per heavy atom. The van der Waals surface area contributed by atoms with Crippen LogP contribution in [0.15, 0.2) is 36.8 Å². The van der Waals surface area contributed by atoms with E-state index in [2.05, 4.69) is 50.3 Å². The molecule has 7 nitrogen and oxygen atoms in total. The van der Waals surface area contributed by atoms with Gasteiger partial charge in [-0.3, -0.25) is 4.90 Å². The van der Waals surface area contributed by atoms with Gasteiger partial charge in [0.05, 0.1) is 42.5 Å². The second kappa shape index (κ2) is 7.40. The lowest BCUT2D eigenvalue weighted by atomic mass is 9.65. The summed E-state index contributed by atoms with van der Waals surface area (Å²) in [6.07, 6.45) is 8.76. The second-order valence-electron chi connectivity index (χ2n) is 9.18. The summed E-state index contributed by atoms with van der Waals surface area (Å²) < 4.78 is 7.25. The molecule has 1 saturated carbocycles. The van der Waals surface area contributed by atoms with E-state index in [4.69, 9.17) is 4.74 Å². The lowest BCUT2D eigenvalue weighted by Gasteiger charge is -2.41. The highest BCUT2D eigenvalue weighted by Gasteiger charge is 2.39. The maximum atomic E-state index is 9.75. The van der Waals surface area contributed by atoms with Gasteiger partial charge in [0.25, 0.3) is 0 Å². The summed E-state index contributed by atoms with van der Waals surface area (Å²) in [5, 5.41) is 15.4. The van der Waals surface area contributed by atoms with E-state index in [1.165, 1.54) is 0 Å². The molecule has 7 heteroatoms. The fourth-order valence-corrected chi connectivity index (χ4v) is 5.19. The van der Waals surface area contributed by atoms with Gasteiger partial charge in [0, 0.05) is 23.1 Å². The summed E-state index contributed by atoms with van der Waals surface area (Å²) in [4.78, 5) is 11.7. The van der Waals surface area contributed by atoms with Crippen LogP contribution >= 0.6 is 0 Å². The van der Waals surface area contributed by atoms with Crippen LogP contribution in [-0.2, 0) is 10.2 Å². The third-order valence-corrected chi connectivity index (χ3v) is 7.52. The monoisotopic (exact) mass is 414 g/mol. The van der Waals surface area contributed by atoms with E-state index in [-0.39, 0.29) is 5.41 Å². The van der Waals surface area contributed by atoms with Crippen molar-refractivity contribution in [3.8, 4) is 11.9 Å². The van der Waals surface area contributed by atoms with E-state index in [1.54, 1.807) is 6.33 Å². The number of nitrogens with zero attached hydrogens (tertiary/aromatic N) is 6. The molecular formula is C24H26N6O. The summed E-state index contributed by atoms with van der Waals surface area (Å²) in [5.41, 5.74) is 2.86. The van der Waals surface area contributed by atoms with Gasteiger partial charge in [-0.25, -0.2) is 14.6 Å². The van der Waals surface area contributed by atoms with Gasteiger partial charge in [-0.1, -0.05) is 12.1 Å². The molecule has 6 rings (SSSR count). The van der Waals surface area contributed by atoms with Crippen LogP contribution in [0.2, 0.25) is 0 Å². The third kappa shape index (κ3) is 3.13. The molecule has 3 fully saturated rings. The molecule has 0 amide bonds. The zero-order chi connectivity index (χ0) is 20.8. The standard InChI is InChI=1S/C24H26N6O/c25-15-24(6-1-7-24)19-3-2-18-12-28-30(22(18)10-19)23-11-21(26-16-27-23)17-4-8-29(9-5-17)20-13-31-14-20/h2-3,10-12,16-17,20H,1,4-9,13-14H2. The minimum Gasteiger partial charge on any atom is -0.378 e. The SMILES string of the molecule is N#CC1(c2ccc3cnn(-c4cc(C5CCN(C6COC6)CC5)ncn4)c3c2)CCC1. The smallest absolute Gasteiger partial charge is 0.157 e. The number of likely N-dealkylation sites (tertiary alicyclic amines) is 1. The van der Waals surface area contributed by atoms with Crippen LogP contribution < -0.4 is 0 Å². The maximum absolute atomic E-state index is 9.75. The van der Waals surface area contributed by atoms with Gasteiger partial charge >= 0.3 is 0 Å². The first-order valence-electron chi connectivity index (χ1n) is 11.3. The summed E-state index contributed by atoms with van der Waals surface area (Å²) in [6.45, 7) is 3.96. The number of aromatic nitrogens is 4. The van der Waals surface area contributed by atoms with Crippen molar-refractivity contribution in [2.24, 2.45) is 0 Å². The number of nitriles is 1. The molecule has 31 heavy (non-hydrogen) atoms. The van der Waals surface area contributed by atoms with E-state index < -0.39 is 0 Å². The molecule has 0 spiro atoms. The largest absolute Gasteiger partial charge is 0.378 e. The first-order chi connectivity index (χ1) is 15.3. The van der Waals surface area contributed by atoms with Gasteiger partial charge in [0.15, 0.2) is 5.82 Å². The highest BCUT2D eigenvalue weighted by atomic mass is 16.5. The molecule has 1 aromatic carbocycles. The van der Waals surface area contributed by atoms with Crippen molar-refractivity contribution in [2.45, 2.75) is 49.5 Å². The minimum absolute atomic E-state index is 0.334. The van der Waals surface area contributed by atoms with E-state index >= 15 is 0 Å². The van der Waals surface area contributed by atoms with E-state index in [1.807, 2.05) is 10.9 Å². The molecule has 3 aliphatic rings. The Morgan fingerprint density at radius 3 is 2.61 bits per heavy atom. The van der Waals surface area contributed by atoms with Gasteiger partial charge in [-0.15, -0.1) is 0 Å². The molecule has 158 valence electrons. The van der Waals surface area contributed by atoms with Crippen molar-refractivity contribution >= 4 is 10.9 Å². The van der Waals surface area contributed by atoms with Crippen LogP contribution in [0.25, 0.3) is 16.7 Å². The third-order valence-electron chi connectivity index (χ3n) is 7.52. The number of ether oxygens (including phenoxy) is 1. The van der Waals surface area contributed by atoms with Crippen molar-refractivity contribution in [3.63, 3.8) is 0 Å². The number of hydrogen-bond donors (Lipinski definition) is 0. The summed E-state index contributed by atoms with van der Waals surface area (Å²) >= 11 is 0.